The molecule has 0 rings (SSSR count). The topological polar surface area (TPSA) is 3.24 Å². The van der Waals surface area contributed by atoms with Crippen LogP contribution in [0.2, 0.25) is 0 Å². The zero-order valence-electron chi connectivity index (χ0n) is 10.9. The summed E-state index contributed by atoms with van der Waals surface area (Å²) in [4.78, 5) is 2.60. The summed E-state index contributed by atoms with van der Waals surface area (Å²) < 4.78 is 0. The lowest BCUT2D eigenvalue weighted by Crippen LogP contribution is -2.43. The van der Waals surface area contributed by atoms with Crippen LogP contribution in [-0.2, 0) is 0 Å². The molecule has 0 aromatic heterocycles. The van der Waals surface area contributed by atoms with Crippen LogP contribution in [0.4, 0.5) is 0 Å². The van der Waals surface area contributed by atoms with E-state index < -0.39 is 0 Å². The van der Waals surface area contributed by atoms with Gasteiger partial charge in [0.25, 0.3) is 0 Å². The summed E-state index contributed by atoms with van der Waals surface area (Å²) in [6.07, 6.45) is 1.29. The van der Waals surface area contributed by atoms with E-state index in [1.54, 1.807) is 0 Å². The summed E-state index contributed by atoms with van der Waals surface area (Å²) in [5, 5.41) is 0. The van der Waals surface area contributed by atoms with Crippen molar-refractivity contribution < 1.29 is 0 Å². The van der Waals surface area contributed by atoms with Crippen LogP contribution >= 0.6 is 24.4 Å². The highest BCUT2D eigenvalue weighted by molar-refractivity contribution is 7.99. The van der Waals surface area contributed by atoms with E-state index in [4.69, 9.17) is 0 Å². The molecule has 0 bridgehead atoms. The molecular weight excluding hydrogens is 222 g/mol. The largest absolute Gasteiger partial charge is 0.296 e. The number of thioether (sulfide) groups is 1. The van der Waals surface area contributed by atoms with Crippen LogP contribution in [0, 0.1) is 0 Å². The van der Waals surface area contributed by atoms with Crippen molar-refractivity contribution in [1.29, 1.82) is 0 Å². The van der Waals surface area contributed by atoms with Crippen LogP contribution in [0.5, 0.6) is 0 Å². The molecule has 0 aliphatic carbocycles. The molecule has 15 heavy (non-hydrogen) atoms. The molecule has 0 saturated heterocycles. The van der Waals surface area contributed by atoms with Crippen molar-refractivity contribution in [2.45, 2.75) is 59.2 Å². The highest BCUT2D eigenvalue weighted by Crippen LogP contribution is 2.15. The van der Waals surface area contributed by atoms with Crippen LogP contribution in [-0.4, -0.2) is 40.3 Å². The molecule has 0 aromatic carbocycles. The lowest BCUT2D eigenvalue weighted by Gasteiger charge is -2.36. The SMILES string of the molecule is CC(C)N(C(C)C)C(C)CCSCCS. The van der Waals surface area contributed by atoms with E-state index in [0.717, 1.165) is 5.75 Å². The second kappa shape index (κ2) is 8.77. The predicted octanol–water partition coefficient (Wildman–Crippen LogP) is 3.55. The maximum absolute atomic E-state index is 4.22. The molecule has 1 unspecified atom stereocenters. The first-order valence-electron chi connectivity index (χ1n) is 5.96. The van der Waals surface area contributed by atoms with Gasteiger partial charge in [-0.2, -0.15) is 24.4 Å². The van der Waals surface area contributed by atoms with Crippen molar-refractivity contribution in [3.8, 4) is 0 Å². The van der Waals surface area contributed by atoms with E-state index in [2.05, 4.69) is 52.1 Å². The lowest BCUT2D eigenvalue weighted by molar-refractivity contribution is 0.120. The minimum atomic E-state index is 0.648. The first-order chi connectivity index (χ1) is 7.00. The van der Waals surface area contributed by atoms with Gasteiger partial charge >= 0.3 is 0 Å². The minimum Gasteiger partial charge on any atom is -0.296 e. The van der Waals surface area contributed by atoms with Crippen molar-refractivity contribution in [1.82, 2.24) is 4.90 Å². The molecule has 1 atom stereocenters. The normalized spacial score (nSPS) is 14.2. The van der Waals surface area contributed by atoms with Crippen LogP contribution in [0.15, 0.2) is 0 Å². The number of rotatable bonds is 8. The Hall–Kier alpha value is 0.660. The summed E-state index contributed by atoms with van der Waals surface area (Å²) in [6, 6.07) is 1.99. The Morgan fingerprint density at radius 1 is 1.00 bits per heavy atom. The minimum absolute atomic E-state index is 0.648. The molecule has 0 saturated carbocycles. The highest BCUT2D eigenvalue weighted by Gasteiger charge is 2.19. The van der Waals surface area contributed by atoms with E-state index in [9.17, 15) is 0 Å². The highest BCUT2D eigenvalue weighted by atomic mass is 32.2. The van der Waals surface area contributed by atoms with Gasteiger partial charge in [-0.3, -0.25) is 4.90 Å². The molecule has 0 N–H and O–H groups in total. The standard InChI is InChI=1S/C12H27NS2/c1-10(2)13(11(3)4)12(5)6-8-15-9-7-14/h10-12,14H,6-9H2,1-5H3. The monoisotopic (exact) mass is 249 g/mol. The molecule has 0 aliphatic rings. The van der Waals surface area contributed by atoms with Crippen LogP contribution in [0.1, 0.15) is 41.0 Å². The second-order valence-corrected chi connectivity index (χ2v) is 6.28. The number of hydrogen-bond acceptors (Lipinski definition) is 3. The Morgan fingerprint density at radius 2 is 1.53 bits per heavy atom. The third kappa shape index (κ3) is 6.75. The third-order valence-electron chi connectivity index (χ3n) is 2.62. The van der Waals surface area contributed by atoms with E-state index >= 15 is 0 Å². The zero-order chi connectivity index (χ0) is 11.8. The first-order valence-corrected chi connectivity index (χ1v) is 7.75. The molecule has 0 aromatic rings. The van der Waals surface area contributed by atoms with Gasteiger partial charge in [0.05, 0.1) is 0 Å². The zero-order valence-corrected chi connectivity index (χ0v) is 12.6. The van der Waals surface area contributed by atoms with E-state index in [0.29, 0.717) is 18.1 Å². The summed E-state index contributed by atoms with van der Waals surface area (Å²) >= 11 is 6.24. The smallest absolute Gasteiger partial charge is 0.00801 e. The van der Waals surface area contributed by atoms with Crippen molar-refractivity contribution in [2.24, 2.45) is 0 Å². The van der Waals surface area contributed by atoms with Gasteiger partial charge in [0.1, 0.15) is 0 Å². The van der Waals surface area contributed by atoms with E-state index in [1.165, 1.54) is 17.9 Å². The second-order valence-electron chi connectivity index (χ2n) is 4.61. The Morgan fingerprint density at radius 3 is 1.93 bits per heavy atom. The van der Waals surface area contributed by atoms with Crippen LogP contribution in [0.3, 0.4) is 0 Å². The number of thiol groups is 1. The van der Waals surface area contributed by atoms with Gasteiger partial charge < -0.3 is 0 Å². The lowest BCUT2D eigenvalue weighted by atomic mass is 10.1. The number of hydrogen-bond donors (Lipinski definition) is 1. The molecule has 0 spiro atoms. The molecule has 0 amide bonds. The van der Waals surface area contributed by atoms with Crippen LogP contribution in [0.25, 0.3) is 0 Å². The van der Waals surface area contributed by atoms with Gasteiger partial charge in [-0.25, -0.2) is 0 Å². The Kier molecular flexibility index (Phi) is 9.16. The van der Waals surface area contributed by atoms with Gasteiger partial charge in [0.2, 0.25) is 0 Å². The Balaban J connectivity index is 3.87. The van der Waals surface area contributed by atoms with E-state index in [-0.39, 0.29) is 0 Å². The van der Waals surface area contributed by atoms with E-state index in [1.807, 2.05) is 11.8 Å². The maximum Gasteiger partial charge on any atom is 0.00801 e. The van der Waals surface area contributed by atoms with Crippen LogP contribution < -0.4 is 0 Å². The van der Waals surface area contributed by atoms with Crippen molar-refractivity contribution in [2.75, 3.05) is 17.3 Å². The Labute approximate surface area is 106 Å². The van der Waals surface area contributed by atoms with Crippen molar-refractivity contribution in [3.63, 3.8) is 0 Å². The van der Waals surface area contributed by atoms with Gasteiger partial charge in [0.15, 0.2) is 0 Å². The summed E-state index contributed by atoms with van der Waals surface area (Å²) in [7, 11) is 0. The third-order valence-corrected chi connectivity index (χ3v) is 4.16. The molecule has 92 valence electrons. The van der Waals surface area contributed by atoms with Gasteiger partial charge in [-0.05, 0) is 52.5 Å². The average molecular weight is 249 g/mol. The van der Waals surface area contributed by atoms with Gasteiger partial charge in [0, 0.05) is 23.9 Å². The first kappa shape index (κ1) is 15.7. The fourth-order valence-electron chi connectivity index (χ4n) is 2.18. The van der Waals surface area contributed by atoms with Crippen molar-refractivity contribution in [3.05, 3.63) is 0 Å². The molecule has 0 fully saturated rings. The van der Waals surface area contributed by atoms with Crippen molar-refractivity contribution >= 4 is 24.4 Å². The summed E-state index contributed by atoms with van der Waals surface area (Å²) in [5.41, 5.74) is 0. The predicted molar refractivity (Wildman–Crippen MR) is 77.4 cm³/mol. The summed E-state index contributed by atoms with van der Waals surface area (Å²) in [5.74, 6) is 3.44. The molecule has 0 radical (unpaired) electrons. The number of nitrogens with zero attached hydrogens (tertiary/aromatic N) is 1. The molecule has 0 heterocycles. The fourth-order valence-corrected chi connectivity index (χ4v) is 3.41. The molecular formula is C12H27NS2. The maximum atomic E-state index is 4.22. The van der Waals surface area contributed by atoms with Gasteiger partial charge in [-0.15, -0.1) is 0 Å². The Bertz CT molecular complexity index is 141. The van der Waals surface area contributed by atoms with Gasteiger partial charge in [-0.1, -0.05) is 0 Å². The fraction of sp³-hybridized carbons (Fsp3) is 1.00. The summed E-state index contributed by atoms with van der Waals surface area (Å²) in [6.45, 7) is 11.5. The molecule has 3 heteroatoms. The average Bonchev–Trinajstić information content (AvgIpc) is 2.11. The quantitative estimate of drug-likeness (QED) is 0.518. The molecule has 1 nitrogen and oxygen atoms in total. The molecule has 0 aliphatic heterocycles.